The van der Waals surface area contributed by atoms with Crippen LogP contribution >= 0.6 is 11.3 Å². The molecule has 0 spiro atoms. The minimum atomic E-state index is -0.319. The molecular weight excluding hydrogens is 464 g/mol. The zero-order chi connectivity index (χ0) is 24.4. The van der Waals surface area contributed by atoms with Gasteiger partial charge in [0.2, 0.25) is 5.91 Å². The number of hydrogen-bond acceptors (Lipinski definition) is 7. The van der Waals surface area contributed by atoms with Crippen molar-refractivity contribution in [2.45, 2.75) is 13.0 Å². The Kier molecular flexibility index (Phi) is 6.61. The first-order chi connectivity index (χ1) is 17.0. The number of imide groups is 1. The Bertz CT molecular complexity index is 1210. The van der Waals surface area contributed by atoms with Crippen LogP contribution in [0.3, 0.4) is 0 Å². The predicted octanol–water partition coefficient (Wildman–Crippen LogP) is 3.15. The SMILES string of the molecule is COc1ccc(-c2csc(CN3CCN(C(=O)CCN4C(=O)c5ccccc5C4=O)CC3)n2)cc1. The topological polar surface area (TPSA) is 83.0 Å². The number of piperazine rings is 1. The van der Waals surface area contributed by atoms with Crippen molar-refractivity contribution < 1.29 is 19.1 Å². The lowest BCUT2D eigenvalue weighted by atomic mass is 10.1. The Balaban J connectivity index is 1.09. The molecule has 5 rings (SSSR count). The number of benzene rings is 2. The molecule has 2 aromatic carbocycles. The summed E-state index contributed by atoms with van der Waals surface area (Å²) in [5, 5.41) is 3.11. The third kappa shape index (κ3) is 4.82. The first kappa shape index (κ1) is 23.2. The fraction of sp³-hybridized carbons (Fsp3) is 0.308. The average Bonchev–Trinajstić information content (AvgIpc) is 3.46. The van der Waals surface area contributed by atoms with Gasteiger partial charge in [-0.25, -0.2) is 4.98 Å². The van der Waals surface area contributed by atoms with Gasteiger partial charge in [0.1, 0.15) is 10.8 Å². The molecule has 1 fully saturated rings. The molecule has 9 heteroatoms. The largest absolute Gasteiger partial charge is 0.497 e. The van der Waals surface area contributed by atoms with Crippen LogP contribution in [0, 0.1) is 0 Å². The molecule has 2 aliphatic heterocycles. The van der Waals surface area contributed by atoms with Gasteiger partial charge in [-0.1, -0.05) is 12.1 Å². The van der Waals surface area contributed by atoms with E-state index in [1.807, 2.05) is 29.2 Å². The smallest absolute Gasteiger partial charge is 0.261 e. The highest BCUT2D eigenvalue weighted by molar-refractivity contribution is 7.09. The van der Waals surface area contributed by atoms with E-state index in [0.717, 1.165) is 41.6 Å². The Morgan fingerprint density at radius 3 is 2.26 bits per heavy atom. The molecule has 0 unspecified atom stereocenters. The van der Waals surface area contributed by atoms with E-state index in [9.17, 15) is 14.4 Å². The molecular formula is C26H26N4O4S. The van der Waals surface area contributed by atoms with Crippen LogP contribution in [0.4, 0.5) is 0 Å². The molecule has 3 amide bonds. The molecule has 1 saturated heterocycles. The van der Waals surface area contributed by atoms with Crippen molar-refractivity contribution in [2.24, 2.45) is 0 Å². The molecule has 35 heavy (non-hydrogen) atoms. The zero-order valence-electron chi connectivity index (χ0n) is 19.5. The van der Waals surface area contributed by atoms with Crippen molar-refractivity contribution in [2.75, 3.05) is 39.8 Å². The quantitative estimate of drug-likeness (QED) is 0.473. The molecule has 8 nitrogen and oxygen atoms in total. The molecule has 180 valence electrons. The molecule has 0 N–H and O–H groups in total. The van der Waals surface area contributed by atoms with Crippen LogP contribution in [0.5, 0.6) is 5.75 Å². The van der Waals surface area contributed by atoms with Crippen molar-refractivity contribution in [1.82, 2.24) is 19.7 Å². The number of carbonyl (C=O) groups excluding carboxylic acids is 3. The van der Waals surface area contributed by atoms with Crippen molar-refractivity contribution in [1.29, 1.82) is 0 Å². The minimum Gasteiger partial charge on any atom is -0.497 e. The highest BCUT2D eigenvalue weighted by atomic mass is 32.1. The van der Waals surface area contributed by atoms with E-state index in [2.05, 4.69) is 10.3 Å². The summed E-state index contributed by atoms with van der Waals surface area (Å²) >= 11 is 1.64. The van der Waals surface area contributed by atoms with E-state index < -0.39 is 0 Å². The lowest BCUT2D eigenvalue weighted by Gasteiger charge is -2.34. The fourth-order valence-corrected chi connectivity index (χ4v) is 5.28. The summed E-state index contributed by atoms with van der Waals surface area (Å²) in [6.07, 6.45) is 0.142. The number of rotatable bonds is 7. The summed E-state index contributed by atoms with van der Waals surface area (Å²) in [7, 11) is 1.65. The number of aromatic nitrogens is 1. The fourth-order valence-electron chi connectivity index (χ4n) is 4.43. The predicted molar refractivity (Wildman–Crippen MR) is 132 cm³/mol. The van der Waals surface area contributed by atoms with Crippen molar-refractivity contribution >= 4 is 29.1 Å². The van der Waals surface area contributed by atoms with Crippen LogP contribution in [-0.4, -0.2) is 77.2 Å². The van der Waals surface area contributed by atoms with Gasteiger partial charge in [-0.2, -0.15) is 0 Å². The number of hydrogen-bond donors (Lipinski definition) is 0. The molecule has 3 aromatic rings. The van der Waals surface area contributed by atoms with Crippen molar-refractivity contribution in [3.05, 3.63) is 70.0 Å². The first-order valence-electron chi connectivity index (χ1n) is 11.6. The molecule has 0 radical (unpaired) electrons. The number of methoxy groups -OCH3 is 1. The Morgan fingerprint density at radius 2 is 1.63 bits per heavy atom. The molecule has 3 heterocycles. The number of ether oxygens (including phenoxy) is 1. The van der Waals surface area contributed by atoms with Gasteiger partial charge in [0.15, 0.2) is 0 Å². The number of thiazole rings is 1. The molecule has 0 bridgehead atoms. The van der Waals surface area contributed by atoms with Crippen LogP contribution in [0.25, 0.3) is 11.3 Å². The second kappa shape index (κ2) is 9.97. The lowest BCUT2D eigenvalue weighted by Crippen LogP contribution is -2.49. The van der Waals surface area contributed by atoms with E-state index in [1.165, 1.54) is 4.90 Å². The number of fused-ring (bicyclic) bond motifs is 1. The zero-order valence-corrected chi connectivity index (χ0v) is 20.3. The van der Waals surface area contributed by atoms with Crippen LogP contribution in [0.2, 0.25) is 0 Å². The summed E-state index contributed by atoms with van der Waals surface area (Å²) in [4.78, 5) is 47.8. The Morgan fingerprint density at radius 1 is 0.971 bits per heavy atom. The second-order valence-electron chi connectivity index (χ2n) is 8.57. The van der Waals surface area contributed by atoms with Crippen LogP contribution in [0.15, 0.2) is 53.9 Å². The van der Waals surface area contributed by atoms with E-state index >= 15 is 0 Å². The summed E-state index contributed by atoms with van der Waals surface area (Å²) in [5.74, 6) is 0.152. The Labute approximate surface area is 207 Å². The van der Waals surface area contributed by atoms with Gasteiger partial charge in [-0.05, 0) is 36.4 Å². The van der Waals surface area contributed by atoms with E-state index in [4.69, 9.17) is 9.72 Å². The van der Waals surface area contributed by atoms with Crippen molar-refractivity contribution in [3.63, 3.8) is 0 Å². The summed E-state index contributed by atoms with van der Waals surface area (Å²) in [5.41, 5.74) is 2.84. The van der Waals surface area contributed by atoms with Crippen LogP contribution in [0.1, 0.15) is 32.1 Å². The second-order valence-corrected chi connectivity index (χ2v) is 9.51. The van der Waals surface area contributed by atoms with Gasteiger partial charge < -0.3 is 9.64 Å². The molecule has 0 saturated carbocycles. The monoisotopic (exact) mass is 490 g/mol. The Hall–Kier alpha value is -3.56. The molecule has 0 atom stereocenters. The lowest BCUT2D eigenvalue weighted by molar-refractivity contribution is -0.133. The third-order valence-electron chi connectivity index (χ3n) is 6.45. The van der Waals surface area contributed by atoms with Gasteiger partial charge in [-0.3, -0.25) is 24.2 Å². The standard InChI is InChI=1S/C26H26N4O4S/c1-34-19-8-6-18(7-9-19)22-17-35-23(27-22)16-28-12-14-29(15-13-28)24(31)10-11-30-25(32)20-4-2-3-5-21(20)26(30)33/h2-9,17H,10-16H2,1H3. The normalized spacial score (nSPS) is 16.0. The summed E-state index contributed by atoms with van der Waals surface area (Å²) in [6, 6.07) is 14.7. The average molecular weight is 491 g/mol. The maximum absolute atomic E-state index is 12.8. The third-order valence-corrected chi connectivity index (χ3v) is 7.28. The summed E-state index contributed by atoms with van der Waals surface area (Å²) < 4.78 is 5.22. The first-order valence-corrected chi connectivity index (χ1v) is 12.5. The van der Waals surface area contributed by atoms with Gasteiger partial charge in [0.25, 0.3) is 11.8 Å². The maximum atomic E-state index is 12.8. The van der Waals surface area contributed by atoms with E-state index in [1.54, 1.807) is 42.7 Å². The molecule has 0 aliphatic carbocycles. The molecule has 1 aromatic heterocycles. The van der Waals surface area contributed by atoms with E-state index in [-0.39, 0.29) is 30.7 Å². The highest BCUT2D eigenvalue weighted by Crippen LogP contribution is 2.25. The van der Waals surface area contributed by atoms with Crippen molar-refractivity contribution in [3.8, 4) is 17.0 Å². The number of nitrogens with zero attached hydrogens (tertiary/aromatic N) is 4. The van der Waals surface area contributed by atoms with Gasteiger partial charge in [0.05, 0.1) is 30.5 Å². The molecule has 2 aliphatic rings. The number of carbonyl (C=O) groups is 3. The highest BCUT2D eigenvalue weighted by Gasteiger charge is 2.35. The maximum Gasteiger partial charge on any atom is 0.261 e. The summed E-state index contributed by atoms with van der Waals surface area (Å²) in [6.45, 7) is 3.62. The number of amides is 3. The van der Waals surface area contributed by atoms with Crippen LogP contribution in [-0.2, 0) is 11.3 Å². The van der Waals surface area contributed by atoms with Gasteiger partial charge in [0, 0.05) is 50.1 Å². The minimum absolute atomic E-state index is 0.0303. The van der Waals surface area contributed by atoms with E-state index in [0.29, 0.717) is 24.2 Å². The van der Waals surface area contributed by atoms with Gasteiger partial charge in [-0.15, -0.1) is 11.3 Å². The van der Waals surface area contributed by atoms with Crippen LogP contribution < -0.4 is 4.74 Å². The van der Waals surface area contributed by atoms with Gasteiger partial charge >= 0.3 is 0 Å².